The maximum atomic E-state index is 14.9. The average molecular weight is 717 g/mol. The van der Waals surface area contributed by atoms with Gasteiger partial charge in [0.15, 0.2) is 5.78 Å². The molecule has 0 aliphatic carbocycles. The lowest BCUT2D eigenvalue weighted by Crippen LogP contribution is -2.68. The molecule has 1 saturated heterocycles. The summed E-state index contributed by atoms with van der Waals surface area (Å²) >= 11 is 0. The number of aliphatic hydroxyl groups excluding tert-OH is 1. The summed E-state index contributed by atoms with van der Waals surface area (Å²) in [5.74, 6) is -4.62. The second-order valence-corrected chi connectivity index (χ2v) is 15.5. The molecule has 0 bridgehead atoms. The molecule has 1 fully saturated rings. The third kappa shape index (κ3) is 6.67. The van der Waals surface area contributed by atoms with Crippen molar-refractivity contribution in [1.82, 2.24) is 4.90 Å². The number of β-lactam (4-membered cyclic amide) rings is 1. The third-order valence-electron chi connectivity index (χ3n) is 9.01. The van der Waals surface area contributed by atoms with Gasteiger partial charge in [0.1, 0.15) is 11.2 Å². The van der Waals surface area contributed by atoms with Crippen LogP contribution in [-0.2, 0) is 14.3 Å². The monoisotopic (exact) mass is 716 g/mol. The van der Waals surface area contributed by atoms with E-state index in [1.807, 2.05) is 36.4 Å². The highest BCUT2D eigenvalue weighted by Crippen LogP contribution is 2.50. The summed E-state index contributed by atoms with van der Waals surface area (Å²) in [5.41, 5.74) is -0.445. The molecule has 0 saturated carbocycles. The summed E-state index contributed by atoms with van der Waals surface area (Å²) in [5, 5.41) is 34.1. The predicted molar refractivity (Wildman–Crippen MR) is 197 cm³/mol. The van der Waals surface area contributed by atoms with Crippen molar-refractivity contribution in [3.05, 3.63) is 161 Å². The average Bonchev–Trinajstić information content (AvgIpc) is 3.15. The van der Waals surface area contributed by atoms with Crippen LogP contribution in [0, 0.1) is 16.0 Å². The highest BCUT2D eigenvalue weighted by atomic mass is 31.2. The van der Waals surface area contributed by atoms with E-state index < -0.39 is 53.5 Å². The summed E-state index contributed by atoms with van der Waals surface area (Å²) in [6.07, 6.45) is -1.56. The van der Waals surface area contributed by atoms with Crippen molar-refractivity contribution in [1.29, 1.82) is 0 Å². The Balaban J connectivity index is 1.64. The SMILES string of the molecule is C[C@@H](O)[C@H]1C(=O)N(C(C(=O)OC(=O)c2ccc([N+](=O)[O-])cc2)=P(c2ccccc2)(c2ccccc2)c2ccccc2)[C@@H]1CC(=O)c1cccc(O)c1. The molecule has 1 aliphatic heterocycles. The number of amides is 1. The fraction of sp³-hybridized carbons (Fsp3) is 0.125. The van der Waals surface area contributed by atoms with Crippen LogP contribution in [-0.4, -0.2) is 61.2 Å². The van der Waals surface area contributed by atoms with E-state index in [0.29, 0.717) is 15.9 Å². The molecule has 12 heteroatoms. The van der Waals surface area contributed by atoms with Crippen molar-refractivity contribution in [2.45, 2.75) is 25.5 Å². The third-order valence-corrected chi connectivity index (χ3v) is 13.3. The molecule has 1 amide bonds. The van der Waals surface area contributed by atoms with Gasteiger partial charge in [-0.25, -0.2) is 9.59 Å². The number of hydrogen-bond acceptors (Lipinski definition) is 9. The van der Waals surface area contributed by atoms with Crippen LogP contribution in [0.3, 0.4) is 0 Å². The zero-order valence-corrected chi connectivity index (χ0v) is 28.7. The number of ether oxygens (including phenoxy) is 1. The molecule has 0 radical (unpaired) electrons. The zero-order valence-electron chi connectivity index (χ0n) is 27.8. The van der Waals surface area contributed by atoms with Gasteiger partial charge in [-0.05, 0) is 47.1 Å². The lowest BCUT2D eigenvalue weighted by atomic mass is 9.79. The Morgan fingerprint density at radius 2 is 1.31 bits per heavy atom. The standard InChI is InChI=1S/C40H33N2O9P/c1-26(43)36-34(25-35(45)28-12-11-13-30(44)24-28)41(37(36)46)38(40(48)51-39(47)27-20-22-29(23-21-27)42(49)50)52(31-14-5-2-6-15-31,32-16-7-3-8-17-32)33-18-9-4-10-19-33/h2-24,26,34,36,43-44H,25H2,1H3/t26-,34-,36-/m1/s1. The number of nitrogens with zero attached hydrogens (tertiary/aromatic N) is 2. The van der Waals surface area contributed by atoms with Crippen LogP contribution >= 0.6 is 6.89 Å². The first-order valence-corrected chi connectivity index (χ1v) is 18.1. The highest BCUT2D eigenvalue weighted by Gasteiger charge is 2.56. The highest BCUT2D eigenvalue weighted by molar-refractivity contribution is 7.96. The Morgan fingerprint density at radius 3 is 1.77 bits per heavy atom. The smallest absolute Gasteiger partial charge is 0.363 e. The number of phenols is 1. The number of carbonyl (C=O) groups excluding carboxylic acids is 4. The number of esters is 2. The Kier molecular flexibility index (Phi) is 10.3. The molecule has 52 heavy (non-hydrogen) atoms. The minimum atomic E-state index is -3.49. The molecule has 0 aromatic heterocycles. The quantitative estimate of drug-likeness (QED) is 0.0379. The number of non-ortho nitro benzene ring substituents is 1. The number of nitro benzene ring substituents is 1. The van der Waals surface area contributed by atoms with E-state index in [1.165, 1.54) is 36.1 Å². The van der Waals surface area contributed by atoms with Crippen molar-refractivity contribution in [2.75, 3.05) is 0 Å². The first kappa shape index (κ1) is 35.7. The van der Waals surface area contributed by atoms with E-state index in [4.69, 9.17) is 4.74 Å². The van der Waals surface area contributed by atoms with Crippen LogP contribution in [0.4, 0.5) is 5.69 Å². The van der Waals surface area contributed by atoms with Crippen LogP contribution in [0.5, 0.6) is 5.75 Å². The maximum absolute atomic E-state index is 14.9. The first-order valence-electron chi connectivity index (χ1n) is 16.3. The second-order valence-electron chi connectivity index (χ2n) is 12.2. The Bertz CT molecular complexity index is 2100. The normalized spacial score (nSPS) is 16.0. The van der Waals surface area contributed by atoms with Gasteiger partial charge in [-0.1, -0.05) is 103 Å². The molecule has 1 heterocycles. The van der Waals surface area contributed by atoms with Gasteiger partial charge < -0.3 is 19.8 Å². The lowest BCUT2D eigenvalue weighted by molar-refractivity contribution is -0.384. The van der Waals surface area contributed by atoms with Gasteiger partial charge >= 0.3 is 11.9 Å². The summed E-state index contributed by atoms with van der Waals surface area (Å²) in [6.45, 7) is -2.07. The first-order chi connectivity index (χ1) is 25.0. The fourth-order valence-corrected chi connectivity index (χ4v) is 11.0. The summed E-state index contributed by atoms with van der Waals surface area (Å²) in [4.78, 5) is 68.5. The number of aromatic hydroxyl groups is 1. The van der Waals surface area contributed by atoms with E-state index in [9.17, 15) is 39.5 Å². The van der Waals surface area contributed by atoms with Crippen LogP contribution in [0.1, 0.15) is 34.1 Å². The van der Waals surface area contributed by atoms with E-state index in [2.05, 4.69) is 0 Å². The molecule has 0 unspecified atom stereocenters. The van der Waals surface area contributed by atoms with Gasteiger partial charge in [-0.3, -0.25) is 19.7 Å². The molecule has 5 aromatic carbocycles. The summed E-state index contributed by atoms with van der Waals surface area (Å²) in [6, 6.07) is 36.3. The van der Waals surface area contributed by atoms with E-state index >= 15 is 0 Å². The Hall–Kier alpha value is -6.16. The lowest BCUT2D eigenvalue weighted by Gasteiger charge is -2.50. The number of carbonyl (C=O) groups is 4. The second kappa shape index (κ2) is 15.0. The molecular weight excluding hydrogens is 683 g/mol. The minimum Gasteiger partial charge on any atom is -0.508 e. The van der Waals surface area contributed by atoms with E-state index in [0.717, 1.165) is 24.3 Å². The van der Waals surface area contributed by atoms with Crippen LogP contribution < -0.4 is 15.9 Å². The van der Waals surface area contributed by atoms with Crippen molar-refractivity contribution < 1.29 is 39.1 Å². The van der Waals surface area contributed by atoms with Gasteiger partial charge in [0.05, 0.1) is 28.6 Å². The largest absolute Gasteiger partial charge is 0.508 e. The molecule has 2 N–H and O–H groups in total. The van der Waals surface area contributed by atoms with Gasteiger partial charge in [0.25, 0.3) is 5.69 Å². The van der Waals surface area contributed by atoms with Crippen molar-refractivity contribution in [3.63, 3.8) is 0 Å². The number of aliphatic hydroxyl groups is 1. The number of rotatable bonds is 11. The molecule has 11 nitrogen and oxygen atoms in total. The molecule has 3 atom stereocenters. The zero-order chi connectivity index (χ0) is 37.0. The predicted octanol–water partition coefficient (Wildman–Crippen LogP) is 4.59. The van der Waals surface area contributed by atoms with Crippen molar-refractivity contribution in [2.24, 2.45) is 5.92 Å². The number of likely N-dealkylation sites (tertiary alicyclic amines) is 1. The van der Waals surface area contributed by atoms with Gasteiger partial charge in [-0.2, -0.15) is 0 Å². The number of nitro groups is 1. The molecule has 6 rings (SSSR count). The summed E-state index contributed by atoms with van der Waals surface area (Å²) < 4.78 is 5.59. The Labute approximate surface area is 298 Å². The maximum Gasteiger partial charge on any atom is 0.363 e. The number of phenolic OH excluding ortho intramolecular Hbond substituents is 1. The number of Topliss-reactive ketones (excluding diaryl/α,β-unsaturated/α-hetero) is 1. The van der Waals surface area contributed by atoms with E-state index in [-0.39, 0.29) is 34.4 Å². The Morgan fingerprint density at radius 1 is 0.788 bits per heavy atom. The molecule has 262 valence electrons. The van der Waals surface area contributed by atoms with Crippen LogP contribution in [0.15, 0.2) is 140 Å². The number of hydrogen-bond donors (Lipinski definition) is 2. The van der Waals surface area contributed by atoms with E-state index in [1.54, 1.807) is 54.6 Å². The number of benzene rings is 5. The summed E-state index contributed by atoms with van der Waals surface area (Å²) in [7, 11) is 0. The molecule has 5 aromatic rings. The molecule has 0 spiro atoms. The molecular formula is C40H33N2O9P. The molecule has 1 aliphatic rings. The minimum absolute atomic E-state index is 0.137. The van der Waals surface area contributed by atoms with Crippen LogP contribution in [0.2, 0.25) is 0 Å². The number of ketones is 1. The van der Waals surface area contributed by atoms with Gasteiger partial charge in [-0.15, -0.1) is 0 Å². The van der Waals surface area contributed by atoms with Gasteiger partial charge in [0.2, 0.25) is 5.91 Å². The van der Waals surface area contributed by atoms with Crippen molar-refractivity contribution >= 4 is 57.5 Å². The topological polar surface area (TPSA) is 164 Å². The fourth-order valence-electron chi connectivity index (χ4n) is 6.64. The van der Waals surface area contributed by atoms with Crippen molar-refractivity contribution in [3.8, 4) is 5.75 Å². The van der Waals surface area contributed by atoms with Crippen LogP contribution in [0.25, 0.3) is 0 Å². The van der Waals surface area contributed by atoms with Gasteiger partial charge in [0, 0.05) is 31.0 Å².